The second kappa shape index (κ2) is 42.1. The van der Waals surface area contributed by atoms with Gasteiger partial charge in [-0.1, -0.05) is 182 Å². The predicted octanol–water partition coefficient (Wildman–Crippen LogP) is 10.9. The Morgan fingerprint density at radius 3 is 1.55 bits per heavy atom. The number of amides is 1. The number of rotatable bonds is 39. The molecule has 0 saturated carbocycles. The van der Waals surface area contributed by atoms with Crippen molar-refractivity contribution in [3.05, 3.63) is 97.2 Å². The lowest BCUT2D eigenvalue weighted by molar-refractivity contribution is -0.302. The van der Waals surface area contributed by atoms with E-state index in [4.69, 9.17) is 9.47 Å². The molecule has 1 aliphatic rings. The van der Waals surface area contributed by atoms with Crippen molar-refractivity contribution in [1.29, 1.82) is 0 Å². The highest BCUT2D eigenvalue weighted by Gasteiger charge is 2.44. The van der Waals surface area contributed by atoms with Crippen LogP contribution in [0.3, 0.4) is 0 Å². The molecule has 0 aliphatic carbocycles. The molecule has 0 aromatic rings. The molecule has 0 aromatic heterocycles. The second-order valence-electron chi connectivity index (χ2n) is 16.5. The molecule has 6 N–H and O–H groups in total. The third-order valence-electron chi connectivity index (χ3n) is 10.9. The third-order valence-corrected chi connectivity index (χ3v) is 10.9. The van der Waals surface area contributed by atoms with Crippen LogP contribution in [0.15, 0.2) is 97.2 Å². The number of nitrogens with one attached hydrogen (secondary N) is 1. The number of aliphatic hydroxyl groups excluding tert-OH is 5. The first kappa shape index (κ1) is 57.1. The van der Waals surface area contributed by atoms with Crippen LogP contribution in [0, 0.1) is 0 Å². The molecule has 9 nitrogen and oxygen atoms in total. The van der Waals surface area contributed by atoms with Gasteiger partial charge in [-0.05, 0) is 83.5 Å². The highest BCUT2D eigenvalue weighted by Crippen LogP contribution is 2.22. The van der Waals surface area contributed by atoms with Gasteiger partial charge in [-0.25, -0.2) is 0 Å². The lowest BCUT2D eigenvalue weighted by atomic mass is 9.99. The monoisotopic (exact) mass is 868 g/mol. The van der Waals surface area contributed by atoms with E-state index in [2.05, 4.69) is 104 Å². The third kappa shape index (κ3) is 31.9. The van der Waals surface area contributed by atoms with Crippen LogP contribution in [-0.2, 0) is 14.3 Å². The van der Waals surface area contributed by atoms with Crippen LogP contribution in [-0.4, -0.2) is 87.5 Å². The average Bonchev–Trinajstić information content (AvgIpc) is 3.27. The van der Waals surface area contributed by atoms with Gasteiger partial charge >= 0.3 is 0 Å². The Kier molecular flexibility index (Phi) is 38.8. The van der Waals surface area contributed by atoms with Crippen LogP contribution in [0.5, 0.6) is 0 Å². The maximum Gasteiger partial charge on any atom is 0.220 e. The Labute approximate surface area is 377 Å². The number of ether oxygens (including phenoxy) is 2. The van der Waals surface area contributed by atoms with Crippen molar-refractivity contribution in [2.24, 2.45) is 0 Å². The van der Waals surface area contributed by atoms with Gasteiger partial charge in [-0.3, -0.25) is 4.79 Å². The van der Waals surface area contributed by atoms with Gasteiger partial charge in [0.2, 0.25) is 5.91 Å². The van der Waals surface area contributed by atoms with Crippen molar-refractivity contribution in [2.45, 2.75) is 217 Å². The number of carbonyl (C=O) groups is 1. The minimum absolute atomic E-state index is 0.199. The van der Waals surface area contributed by atoms with Gasteiger partial charge in [0.15, 0.2) is 6.29 Å². The first-order valence-electron chi connectivity index (χ1n) is 24.5. The molecule has 9 heteroatoms. The molecule has 7 unspecified atom stereocenters. The standard InChI is InChI=1S/C53H89NO8/c1-3-5-7-9-11-13-15-16-17-18-19-20-21-22-23-24-25-26-27-28-29-30-31-32-33-35-37-39-41-43-49(57)54-46(45-61-53-52(60)51(59)50(58)48(44-55)62-53)47(56)42-40-38-36-34-14-12-10-8-6-4-2/h5,7,11,13-14,16-17,19-20,22-23,25-26,34,40,42,46-48,50-53,55-56,58-60H,3-4,6,8-10,12,15,18,21,24,27-33,35-39,41,43-45H2,1-2H3,(H,54,57)/b7-5-,13-11-,17-16-,20-19-,23-22-,26-25-,34-14+,42-40+. The van der Waals surface area contributed by atoms with E-state index in [0.717, 1.165) is 89.9 Å². The number of allylic oxidation sites excluding steroid dienone is 15. The summed E-state index contributed by atoms with van der Waals surface area (Å²) in [6, 6.07) is -0.828. The Bertz CT molecular complexity index is 1280. The number of unbranched alkanes of at least 4 members (excludes halogenated alkanes) is 15. The second-order valence-corrected chi connectivity index (χ2v) is 16.5. The fourth-order valence-electron chi connectivity index (χ4n) is 7.00. The van der Waals surface area contributed by atoms with E-state index >= 15 is 0 Å². The molecule has 0 bridgehead atoms. The zero-order valence-corrected chi connectivity index (χ0v) is 38.8. The molecule has 1 heterocycles. The van der Waals surface area contributed by atoms with Crippen molar-refractivity contribution in [3.63, 3.8) is 0 Å². The topological polar surface area (TPSA) is 149 Å². The summed E-state index contributed by atoms with van der Waals surface area (Å²) in [5.74, 6) is -0.199. The van der Waals surface area contributed by atoms with Crippen LogP contribution < -0.4 is 5.32 Å². The molecule has 62 heavy (non-hydrogen) atoms. The number of hydrogen-bond donors (Lipinski definition) is 6. The summed E-state index contributed by atoms with van der Waals surface area (Å²) in [6.45, 7) is 3.58. The summed E-state index contributed by atoms with van der Waals surface area (Å²) < 4.78 is 11.2. The quantitative estimate of drug-likeness (QED) is 0.0264. The Morgan fingerprint density at radius 2 is 1.02 bits per heavy atom. The van der Waals surface area contributed by atoms with E-state index < -0.39 is 49.5 Å². The summed E-state index contributed by atoms with van der Waals surface area (Å²) in [7, 11) is 0. The van der Waals surface area contributed by atoms with Gasteiger partial charge in [-0.2, -0.15) is 0 Å². The van der Waals surface area contributed by atoms with E-state index in [1.54, 1.807) is 6.08 Å². The Balaban J connectivity index is 2.22. The first-order valence-corrected chi connectivity index (χ1v) is 24.5. The molecule has 0 radical (unpaired) electrons. The molecule has 354 valence electrons. The largest absolute Gasteiger partial charge is 0.394 e. The summed E-state index contributed by atoms with van der Waals surface area (Å²) in [5.41, 5.74) is 0. The summed E-state index contributed by atoms with van der Waals surface area (Å²) in [4.78, 5) is 13.0. The van der Waals surface area contributed by atoms with Gasteiger partial charge in [-0.15, -0.1) is 0 Å². The number of hydrogen-bond acceptors (Lipinski definition) is 8. The molecule has 1 saturated heterocycles. The minimum Gasteiger partial charge on any atom is -0.394 e. The van der Waals surface area contributed by atoms with Crippen molar-refractivity contribution >= 4 is 5.91 Å². The fraction of sp³-hybridized carbons (Fsp3) is 0.679. The number of carbonyl (C=O) groups excluding carboxylic acids is 1. The van der Waals surface area contributed by atoms with Crippen LogP contribution in [0.2, 0.25) is 0 Å². The summed E-state index contributed by atoms with van der Waals surface area (Å²) in [5, 5.41) is 54.1. The van der Waals surface area contributed by atoms with Crippen molar-refractivity contribution in [2.75, 3.05) is 13.2 Å². The first-order chi connectivity index (χ1) is 30.3. The average molecular weight is 868 g/mol. The molecule has 1 rings (SSSR count). The molecule has 1 aliphatic heterocycles. The molecule has 1 fully saturated rings. The van der Waals surface area contributed by atoms with Crippen molar-refractivity contribution < 1.29 is 39.8 Å². The van der Waals surface area contributed by atoms with E-state index in [0.29, 0.717) is 6.42 Å². The predicted molar refractivity (Wildman–Crippen MR) is 258 cm³/mol. The Morgan fingerprint density at radius 1 is 0.565 bits per heavy atom. The van der Waals surface area contributed by atoms with Crippen molar-refractivity contribution in [3.8, 4) is 0 Å². The van der Waals surface area contributed by atoms with E-state index in [1.165, 1.54) is 64.2 Å². The normalized spacial score (nSPS) is 21.2. The number of aliphatic hydroxyl groups is 5. The summed E-state index contributed by atoms with van der Waals surface area (Å²) >= 11 is 0. The Hall–Kier alpha value is -2.89. The van der Waals surface area contributed by atoms with Crippen LogP contribution >= 0.6 is 0 Å². The SMILES string of the molecule is CC/C=C\C/C=C\C/C=C\C/C=C\C/C=C\C/C=C\CCCCCCCCCCCCC(=O)NC(COC1OC(CO)C(O)C(O)C1O)C(O)/C=C/CC/C=C/CCCCCC. The highest BCUT2D eigenvalue weighted by molar-refractivity contribution is 5.76. The maximum atomic E-state index is 13.0. The van der Waals surface area contributed by atoms with E-state index in [1.807, 2.05) is 6.08 Å². The smallest absolute Gasteiger partial charge is 0.220 e. The van der Waals surface area contributed by atoms with Crippen LogP contribution in [0.25, 0.3) is 0 Å². The molecule has 0 spiro atoms. The van der Waals surface area contributed by atoms with Gasteiger partial charge in [0, 0.05) is 6.42 Å². The molecule has 0 aromatic carbocycles. The van der Waals surface area contributed by atoms with Gasteiger partial charge in [0.05, 0.1) is 25.4 Å². The zero-order valence-electron chi connectivity index (χ0n) is 38.8. The molecule has 1 amide bonds. The van der Waals surface area contributed by atoms with E-state index in [9.17, 15) is 30.3 Å². The van der Waals surface area contributed by atoms with Crippen LogP contribution in [0.4, 0.5) is 0 Å². The van der Waals surface area contributed by atoms with E-state index in [-0.39, 0.29) is 12.5 Å². The zero-order chi connectivity index (χ0) is 45.1. The minimum atomic E-state index is -1.58. The molecule has 7 atom stereocenters. The maximum absolute atomic E-state index is 13.0. The lowest BCUT2D eigenvalue weighted by Crippen LogP contribution is -2.60. The van der Waals surface area contributed by atoms with Gasteiger partial charge in [0.1, 0.15) is 24.4 Å². The molecular weight excluding hydrogens is 779 g/mol. The fourth-order valence-corrected chi connectivity index (χ4v) is 7.00. The van der Waals surface area contributed by atoms with Crippen molar-refractivity contribution in [1.82, 2.24) is 5.32 Å². The highest BCUT2D eigenvalue weighted by atomic mass is 16.7. The van der Waals surface area contributed by atoms with Gasteiger partial charge in [0.25, 0.3) is 0 Å². The van der Waals surface area contributed by atoms with Crippen LogP contribution in [0.1, 0.15) is 174 Å². The van der Waals surface area contributed by atoms with Gasteiger partial charge < -0.3 is 40.3 Å². The molecular formula is C53H89NO8. The lowest BCUT2D eigenvalue weighted by Gasteiger charge is -2.40. The summed E-state index contributed by atoms with van der Waals surface area (Å²) in [6.07, 6.45) is 53.2.